The largest absolute Gasteiger partial charge is 0.382 e. The number of benzene rings is 1. The van der Waals surface area contributed by atoms with Crippen LogP contribution in [-0.2, 0) is 15.9 Å². The standard InChI is InChI=1S/C23H37F3O2/c1-2-27-16-13-17-28-15-12-10-8-6-4-3-5-7-9-11-14-21-22(25)18-20(24)19-23(21)26/h18-19H,2-17H2,1H3. The third-order valence-corrected chi connectivity index (χ3v) is 4.85. The van der Waals surface area contributed by atoms with Crippen LogP contribution in [0.3, 0.4) is 0 Å². The molecular weight excluding hydrogens is 365 g/mol. The van der Waals surface area contributed by atoms with Crippen LogP contribution in [0, 0.1) is 17.5 Å². The van der Waals surface area contributed by atoms with E-state index in [4.69, 9.17) is 9.47 Å². The Morgan fingerprint density at radius 1 is 0.607 bits per heavy atom. The minimum absolute atomic E-state index is 0.0136. The van der Waals surface area contributed by atoms with Gasteiger partial charge in [0.15, 0.2) is 0 Å². The van der Waals surface area contributed by atoms with Crippen molar-refractivity contribution in [2.45, 2.75) is 84.0 Å². The van der Waals surface area contributed by atoms with Gasteiger partial charge in [-0.25, -0.2) is 13.2 Å². The fraction of sp³-hybridized carbons (Fsp3) is 0.739. The predicted octanol–water partition coefficient (Wildman–Crippen LogP) is 6.99. The SMILES string of the molecule is CCOCCCOCCCCCCCCCCCCc1c(F)cc(F)cc1F. The van der Waals surface area contributed by atoms with E-state index in [1.807, 2.05) is 6.92 Å². The van der Waals surface area contributed by atoms with E-state index in [2.05, 4.69) is 0 Å². The van der Waals surface area contributed by atoms with Crippen molar-refractivity contribution in [3.05, 3.63) is 35.1 Å². The zero-order chi connectivity index (χ0) is 20.5. The summed E-state index contributed by atoms with van der Waals surface area (Å²) in [5, 5.41) is 0. The molecule has 0 fully saturated rings. The molecule has 0 saturated heterocycles. The molecule has 0 aromatic heterocycles. The lowest BCUT2D eigenvalue weighted by Crippen LogP contribution is -2.01. The Kier molecular flexibility index (Phi) is 15.0. The Balaban J connectivity index is 1.84. The molecule has 162 valence electrons. The topological polar surface area (TPSA) is 18.5 Å². The predicted molar refractivity (Wildman–Crippen MR) is 108 cm³/mol. The molecule has 0 aliphatic rings. The highest BCUT2D eigenvalue weighted by Crippen LogP contribution is 2.18. The molecule has 0 amide bonds. The van der Waals surface area contributed by atoms with E-state index in [-0.39, 0.29) is 5.56 Å². The van der Waals surface area contributed by atoms with Crippen molar-refractivity contribution in [3.63, 3.8) is 0 Å². The first kappa shape index (κ1) is 25.0. The van der Waals surface area contributed by atoms with Crippen LogP contribution in [0.25, 0.3) is 0 Å². The number of hydrogen-bond acceptors (Lipinski definition) is 2. The molecule has 0 bridgehead atoms. The molecule has 0 saturated carbocycles. The molecule has 0 radical (unpaired) electrons. The van der Waals surface area contributed by atoms with Crippen molar-refractivity contribution in [3.8, 4) is 0 Å². The molecule has 0 unspecified atom stereocenters. The molecule has 1 aromatic rings. The summed E-state index contributed by atoms with van der Waals surface area (Å²) in [6.07, 6.45) is 12.6. The first-order valence-corrected chi connectivity index (χ1v) is 10.9. The van der Waals surface area contributed by atoms with Gasteiger partial charge in [-0.1, -0.05) is 51.4 Å². The zero-order valence-electron chi connectivity index (χ0n) is 17.4. The van der Waals surface area contributed by atoms with Crippen LogP contribution in [-0.4, -0.2) is 26.4 Å². The number of rotatable bonds is 18. The van der Waals surface area contributed by atoms with Crippen molar-refractivity contribution in [1.82, 2.24) is 0 Å². The molecule has 0 aliphatic heterocycles. The number of unbranched alkanes of at least 4 members (excludes halogenated alkanes) is 9. The molecule has 0 aliphatic carbocycles. The molecular formula is C23H37F3O2. The lowest BCUT2D eigenvalue weighted by molar-refractivity contribution is 0.0860. The monoisotopic (exact) mass is 402 g/mol. The van der Waals surface area contributed by atoms with Crippen LogP contribution in [0.15, 0.2) is 12.1 Å². The maximum atomic E-state index is 13.5. The molecule has 1 aromatic carbocycles. The summed E-state index contributed by atoms with van der Waals surface area (Å²) in [6.45, 7) is 5.20. The molecule has 0 atom stereocenters. The van der Waals surface area contributed by atoms with Gasteiger partial charge in [-0.3, -0.25) is 0 Å². The molecule has 28 heavy (non-hydrogen) atoms. The van der Waals surface area contributed by atoms with Crippen LogP contribution >= 0.6 is 0 Å². The molecule has 1 rings (SSSR count). The van der Waals surface area contributed by atoms with Crippen LogP contribution < -0.4 is 0 Å². The third-order valence-electron chi connectivity index (χ3n) is 4.85. The van der Waals surface area contributed by atoms with Gasteiger partial charge < -0.3 is 9.47 Å². The average molecular weight is 403 g/mol. The summed E-state index contributed by atoms with van der Waals surface area (Å²) in [4.78, 5) is 0. The van der Waals surface area contributed by atoms with Crippen LogP contribution in [0.2, 0.25) is 0 Å². The van der Waals surface area contributed by atoms with Gasteiger partial charge >= 0.3 is 0 Å². The summed E-state index contributed by atoms with van der Waals surface area (Å²) < 4.78 is 50.7. The Morgan fingerprint density at radius 3 is 1.64 bits per heavy atom. The first-order chi connectivity index (χ1) is 13.6. The number of ether oxygens (including phenoxy) is 2. The molecule has 0 heterocycles. The van der Waals surface area contributed by atoms with Gasteiger partial charge in [0.05, 0.1) is 0 Å². The minimum atomic E-state index is -0.858. The van der Waals surface area contributed by atoms with Gasteiger partial charge in [0.1, 0.15) is 17.5 Å². The normalized spacial score (nSPS) is 11.3. The summed E-state index contributed by atoms with van der Waals surface area (Å²) in [5.74, 6) is -2.40. The average Bonchev–Trinajstić information content (AvgIpc) is 2.66. The smallest absolute Gasteiger partial charge is 0.132 e. The Hall–Kier alpha value is -1.07. The van der Waals surface area contributed by atoms with Gasteiger partial charge in [-0.2, -0.15) is 0 Å². The van der Waals surface area contributed by atoms with E-state index in [0.717, 1.165) is 77.1 Å². The molecule has 5 heteroatoms. The fourth-order valence-electron chi connectivity index (χ4n) is 3.24. The second-order valence-corrected chi connectivity index (χ2v) is 7.30. The summed E-state index contributed by atoms with van der Waals surface area (Å²) in [7, 11) is 0. The van der Waals surface area contributed by atoms with E-state index < -0.39 is 17.5 Å². The lowest BCUT2D eigenvalue weighted by Gasteiger charge is -2.06. The number of halogens is 3. The van der Waals surface area contributed by atoms with Crippen molar-refractivity contribution in [2.75, 3.05) is 26.4 Å². The Labute approximate surface area is 168 Å². The van der Waals surface area contributed by atoms with Gasteiger partial charge in [0.2, 0.25) is 0 Å². The lowest BCUT2D eigenvalue weighted by atomic mass is 10.0. The second kappa shape index (κ2) is 16.8. The van der Waals surface area contributed by atoms with Crippen molar-refractivity contribution < 1.29 is 22.6 Å². The highest BCUT2D eigenvalue weighted by Gasteiger charge is 2.10. The van der Waals surface area contributed by atoms with Gasteiger partial charge in [0.25, 0.3) is 0 Å². The summed E-state index contributed by atoms with van der Waals surface area (Å²) >= 11 is 0. The van der Waals surface area contributed by atoms with E-state index in [9.17, 15) is 13.2 Å². The maximum Gasteiger partial charge on any atom is 0.132 e. The van der Waals surface area contributed by atoms with E-state index >= 15 is 0 Å². The Bertz CT molecular complexity index is 486. The van der Waals surface area contributed by atoms with Crippen molar-refractivity contribution in [1.29, 1.82) is 0 Å². The highest BCUT2D eigenvalue weighted by atomic mass is 19.1. The van der Waals surface area contributed by atoms with E-state index in [0.29, 0.717) is 6.42 Å². The van der Waals surface area contributed by atoms with Crippen molar-refractivity contribution in [2.24, 2.45) is 0 Å². The van der Waals surface area contributed by atoms with Crippen LogP contribution in [0.5, 0.6) is 0 Å². The van der Waals surface area contributed by atoms with Crippen LogP contribution in [0.1, 0.15) is 83.1 Å². The van der Waals surface area contributed by atoms with E-state index in [1.54, 1.807) is 0 Å². The molecule has 0 spiro atoms. The van der Waals surface area contributed by atoms with Crippen LogP contribution in [0.4, 0.5) is 13.2 Å². The molecule has 2 nitrogen and oxygen atoms in total. The van der Waals surface area contributed by atoms with Gasteiger partial charge in [-0.15, -0.1) is 0 Å². The minimum Gasteiger partial charge on any atom is -0.382 e. The fourth-order valence-corrected chi connectivity index (χ4v) is 3.24. The molecule has 0 N–H and O–H groups in total. The second-order valence-electron chi connectivity index (χ2n) is 7.30. The third kappa shape index (κ3) is 12.4. The zero-order valence-corrected chi connectivity index (χ0v) is 17.4. The maximum absolute atomic E-state index is 13.5. The number of hydrogen-bond donors (Lipinski definition) is 0. The quantitative estimate of drug-likeness (QED) is 0.246. The first-order valence-electron chi connectivity index (χ1n) is 10.9. The van der Waals surface area contributed by atoms with Gasteiger partial charge in [-0.05, 0) is 32.6 Å². The highest BCUT2D eigenvalue weighted by molar-refractivity contribution is 5.20. The van der Waals surface area contributed by atoms with Crippen molar-refractivity contribution >= 4 is 0 Å². The summed E-state index contributed by atoms with van der Waals surface area (Å²) in [5.41, 5.74) is 0.0136. The van der Waals surface area contributed by atoms with Gasteiger partial charge in [0, 0.05) is 44.1 Å². The Morgan fingerprint density at radius 2 is 1.07 bits per heavy atom. The summed E-state index contributed by atoms with van der Waals surface area (Å²) in [6, 6.07) is 1.51. The van der Waals surface area contributed by atoms with E-state index in [1.165, 1.54) is 32.1 Å².